The summed E-state index contributed by atoms with van der Waals surface area (Å²) >= 11 is 0. The Morgan fingerprint density at radius 3 is 2.47 bits per heavy atom. The largest absolute Gasteiger partial charge is 0.488 e. The molecule has 0 saturated carbocycles. The topological polar surface area (TPSA) is 49.3 Å². The van der Waals surface area contributed by atoms with Crippen LogP contribution in [0.5, 0.6) is 5.75 Å². The summed E-state index contributed by atoms with van der Waals surface area (Å²) in [5.74, 6) is 0.833. The van der Waals surface area contributed by atoms with Crippen LogP contribution in [-0.4, -0.2) is 73.8 Å². The molecule has 0 aromatic heterocycles. The van der Waals surface area contributed by atoms with Gasteiger partial charge < -0.3 is 19.7 Å². The summed E-state index contributed by atoms with van der Waals surface area (Å²) < 4.78 is 52.1. The average Bonchev–Trinajstić information content (AvgIpc) is 3.18. The lowest BCUT2D eigenvalue weighted by molar-refractivity contribution is -0.138. The molecule has 0 bridgehead atoms. The van der Waals surface area contributed by atoms with E-state index in [9.17, 15) is 13.2 Å². The zero-order valence-corrected chi connectivity index (χ0v) is 21.5. The Morgan fingerprint density at radius 1 is 1.19 bits per heavy atom. The van der Waals surface area contributed by atoms with E-state index in [0.29, 0.717) is 12.0 Å². The molecule has 2 saturated heterocycles. The lowest BCUT2D eigenvalue weighted by Crippen LogP contribution is -2.46. The number of nitrogens with zero attached hydrogens (tertiary/aromatic N) is 3. The van der Waals surface area contributed by atoms with Crippen molar-refractivity contribution in [3.05, 3.63) is 29.3 Å². The van der Waals surface area contributed by atoms with Crippen molar-refractivity contribution in [3.8, 4) is 5.75 Å². The fourth-order valence-corrected chi connectivity index (χ4v) is 4.07. The molecule has 10 heteroatoms. The van der Waals surface area contributed by atoms with Gasteiger partial charge in [-0.1, -0.05) is 6.07 Å². The van der Waals surface area contributed by atoms with Crippen molar-refractivity contribution in [2.45, 2.75) is 51.6 Å². The zero-order chi connectivity index (χ0) is 22.6. The summed E-state index contributed by atoms with van der Waals surface area (Å²) in [6, 6.07) is 4.56. The summed E-state index contributed by atoms with van der Waals surface area (Å²) in [5.41, 5.74) is -1.10. The maximum Gasteiger partial charge on any atom is 0.416 e. The molecule has 2 aliphatic rings. The Bertz CT molecular complexity index is 777. The highest BCUT2D eigenvalue weighted by atomic mass is 127. The highest BCUT2D eigenvalue weighted by molar-refractivity contribution is 14.0. The van der Waals surface area contributed by atoms with Crippen LogP contribution in [-0.2, 0) is 17.5 Å². The molecule has 1 unspecified atom stereocenters. The molecule has 32 heavy (non-hydrogen) atoms. The second-order valence-corrected chi connectivity index (χ2v) is 8.97. The van der Waals surface area contributed by atoms with Crippen LogP contribution in [0.2, 0.25) is 0 Å². The van der Waals surface area contributed by atoms with Crippen LogP contribution in [0, 0.1) is 0 Å². The van der Waals surface area contributed by atoms with Crippen LogP contribution in [0.1, 0.15) is 38.3 Å². The van der Waals surface area contributed by atoms with Gasteiger partial charge in [-0.15, -0.1) is 24.0 Å². The van der Waals surface area contributed by atoms with Gasteiger partial charge in [-0.25, -0.2) is 0 Å². The molecular weight excluding hydrogens is 536 g/mol. The van der Waals surface area contributed by atoms with Crippen LogP contribution >= 0.6 is 24.0 Å². The Kier molecular flexibility index (Phi) is 9.47. The highest BCUT2D eigenvalue weighted by Gasteiger charge is 2.35. The van der Waals surface area contributed by atoms with Gasteiger partial charge in [0, 0.05) is 45.8 Å². The number of guanidine groups is 1. The van der Waals surface area contributed by atoms with E-state index < -0.39 is 17.3 Å². The van der Waals surface area contributed by atoms with E-state index >= 15 is 0 Å². The van der Waals surface area contributed by atoms with Gasteiger partial charge in [0.05, 0.1) is 18.8 Å². The summed E-state index contributed by atoms with van der Waals surface area (Å²) in [6.07, 6.45) is -3.46. The number of ether oxygens (including phenoxy) is 2. The first-order valence-electron chi connectivity index (χ1n) is 10.7. The lowest BCUT2D eigenvalue weighted by Gasteiger charge is -2.32. The number of rotatable bonds is 4. The summed E-state index contributed by atoms with van der Waals surface area (Å²) in [6.45, 7) is 10.4. The number of nitrogens with one attached hydrogen (secondary N) is 1. The Hall–Kier alpha value is -1.27. The first kappa shape index (κ1) is 27.0. The van der Waals surface area contributed by atoms with E-state index in [4.69, 9.17) is 9.47 Å². The number of aliphatic imine (C=N–C) groups is 1. The van der Waals surface area contributed by atoms with Gasteiger partial charge in [0.25, 0.3) is 0 Å². The fourth-order valence-electron chi connectivity index (χ4n) is 4.07. The van der Waals surface area contributed by atoms with E-state index in [1.807, 2.05) is 0 Å². The van der Waals surface area contributed by atoms with Gasteiger partial charge in [0.15, 0.2) is 5.96 Å². The molecule has 6 nitrogen and oxygen atoms in total. The van der Waals surface area contributed by atoms with Gasteiger partial charge in [0.2, 0.25) is 0 Å². The van der Waals surface area contributed by atoms with E-state index in [2.05, 4.69) is 20.1 Å². The third kappa shape index (κ3) is 7.38. The molecule has 0 amide bonds. The Balaban J connectivity index is 0.00000363. The second-order valence-electron chi connectivity index (χ2n) is 8.97. The molecule has 1 aromatic rings. The van der Waals surface area contributed by atoms with Crippen LogP contribution in [0.4, 0.5) is 13.2 Å². The van der Waals surface area contributed by atoms with Crippen molar-refractivity contribution < 1.29 is 22.6 Å². The maximum atomic E-state index is 13.7. The third-order valence-electron chi connectivity index (χ3n) is 5.48. The molecule has 1 N–H and O–H groups in total. The van der Waals surface area contributed by atoms with Gasteiger partial charge in [-0.2, -0.15) is 13.2 Å². The molecule has 0 spiro atoms. The number of halogens is 4. The minimum Gasteiger partial charge on any atom is -0.488 e. The van der Waals surface area contributed by atoms with E-state index in [0.717, 1.165) is 51.9 Å². The highest BCUT2D eigenvalue weighted by Crippen LogP contribution is 2.35. The smallest absolute Gasteiger partial charge is 0.416 e. The van der Waals surface area contributed by atoms with Gasteiger partial charge in [-0.3, -0.25) is 9.89 Å². The minimum absolute atomic E-state index is 0. The number of likely N-dealkylation sites (tertiary alicyclic amines) is 1. The summed E-state index contributed by atoms with van der Waals surface area (Å²) in [4.78, 5) is 8.84. The molecule has 1 atom stereocenters. The number of morpholine rings is 1. The molecule has 3 rings (SSSR count). The average molecular weight is 570 g/mol. The first-order chi connectivity index (χ1) is 14.6. The van der Waals surface area contributed by atoms with Gasteiger partial charge >= 0.3 is 6.18 Å². The quantitative estimate of drug-likeness (QED) is 0.338. The normalized spacial score (nSPS) is 20.8. The predicted molar refractivity (Wildman–Crippen MR) is 130 cm³/mol. The van der Waals surface area contributed by atoms with Gasteiger partial charge in [-0.05, 0) is 44.9 Å². The van der Waals surface area contributed by atoms with Crippen LogP contribution < -0.4 is 10.1 Å². The second kappa shape index (κ2) is 11.2. The van der Waals surface area contributed by atoms with Crippen molar-refractivity contribution in [2.75, 3.05) is 46.4 Å². The van der Waals surface area contributed by atoms with Crippen LogP contribution in [0.25, 0.3) is 0 Å². The van der Waals surface area contributed by atoms with Crippen LogP contribution in [0.15, 0.2) is 23.2 Å². The molecule has 2 aliphatic heterocycles. The molecule has 2 heterocycles. The fraction of sp³-hybridized carbons (Fsp3) is 0.682. The molecule has 182 valence electrons. The zero-order valence-electron chi connectivity index (χ0n) is 19.2. The molecule has 0 aliphatic carbocycles. The monoisotopic (exact) mass is 570 g/mol. The molecule has 0 radical (unpaired) electrons. The van der Waals surface area contributed by atoms with Crippen molar-refractivity contribution in [1.29, 1.82) is 0 Å². The first-order valence-corrected chi connectivity index (χ1v) is 10.7. The molecular formula is C22H34F3IN4O2. The van der Waals surface area contributed by atoms with Crippen molar-refractivity contribution in [2.24, 2.45) is 4.99 Å². The lowest BCUT2D eigenvalue weighted by atomic mass is 10.1. The summed E-state index contributed by atoms with van der Waals surface area (Å²) in [5, 5.41) is 3.12. The number of alkyl halides is 3. The van der Waals surface area contributed by atoms with E-state index in [1.165, 1.54) is 6.07 Å². The third-order valence-corrected chi connectivity index (χ3v) is 5.48. The SMILES string of the molecule is CN=C(NCc1ccc(OC(C)(C)C)cc1C(F)(F)F)N1CCC(N2CCOCC2)C1.I. The summed E-state index contributed by atoms with van der Waals surface area (Å²) in [7, 11) is 1.66. The van der Waals surface area contributed by atoms with Gasteiger partial charge in [0.1, 0.15) is 11.4 Å². The maximum absolute atomic E-state index is 13.7. The molecule has 2 fully saturated rings. The molecule has 1 aromatic carbocycles. The van der Waals surface area contributed by atoms with Crippen molar-refractivity contribution >= 4 is 29.9 Å². The Morgan fingerprint density at radius 2 is 1.88 bits per heavy atom. The minimum atomic E-state index is -4.47. The Labute approximate surface area is 205 Å². The van der Waals surface area contributed by atoms with E-state index in [-0.39, 0.29) is 41.8 Å². The number of hydrogen-bond donors (Lipinski definition) is 1. The number of hydrogen-bond acceptors (Lipinski definition) is 4. The van der Waals surface area contributed by atoms with Crippen molar-refractivity contribution in [1.82, 2.24) is 15.1 Å². The number of benzene rings is 1. The predicted octanol–water partition coefficient (Wildman–Crippen LogP) is 3.98. The standard InChI is InChI=1S/C22H33F3N4O2.HI/c1-21(2,3)31-18-6-5-16(19(13-18)22(23,24)25)14-27-20(26-4)29-8-7-17(15-29)28-9-11-30-12-10-28;/h5-6,13,17H,7-12,14-15H2,1-4H3,(H,26,27);1H. The van der Waals surface area contributed by atoms with Crippen LogP contribution in [0.3, 0.4) is 0 Å². The van der Waals surface area contributed by atoms with E-state index in [1.54, 1.807) is 33.9 Å². The van der Waals surface area contributed by atoms with Crippen molar-refractivity contribution in [3.63, 3.8) is 0 Å².